The third-order valence-corrected chi connectivity index (χ3v) is 4.38. The van der Waals surface area contributed by atoms with Gasteiger partial charge in [-0.15, -0.1) is 0 Å². The number of anilines is 2. The number of hydrogen-bond acceptors (Lipinski definition) is 5. The fraction of sp³-hybridized carbons (Fsp3) is 0. The van der Waals surface area contributed by atoms with Gasteiger partial charge in [0.1, 0.15) is 12.0 Å². The van der Waals surface area contributed by atoms with Gasteiger partial charge in [0, 0.05) is 22.4 Å². The van der Waals surface area contributed by atoms with Crippen LogP contribution in [0.25, 0.3) is 0 Å². The Bertz CT molecular complexity index is 1070. The summed E-state index contributed by atoms with van der Waals surface area (Å²) in [6, 6.07) is 16.2. The SMILES string of the molecule is O=Cc1ccc(Nc2ccc(O)c3c2C(=O)c2ccccc2C3=O)cc1. The maximum Gasteiger partial charge on any atom is 0.198 e. The number of benzene rings is 3. The van der Waals surface area contributed by atoms with Crippen molar-refractivity contribution in [2.45, 2.75) is 0 Å². The van der Waals surface area contributed by atoms with E-state index in [-0.39, 0.29) is 34.0 Å². The van der Waals surface area contributed by atoms with Gasteiger partial charge in [-0.25, -0.2) is 0 Å². The number of nitrogens with one attached hydrogen (secondary N) is 1. The van der Waals surface area contributed by atoms with Gasteiger partial charge in [0.2, 0.25) is 0 Å². The highest BCUT2D eigenvalue weighted by Crippen LogP contribution is 2.37. The van der Waals surface area contributed by atoms with Crippen LogP contribution in [0.5, 0.6) is 5.75 Å². The molecule has 0 aliphatic heterocycles. The fourth-order valence-electron chi connectivity index (χ4n) is 3.11. The van der Waals surface area contributed by atoms with Gasteiger partial charge < -0.3 is 10.4 Å². The normalized spacial score (nSPS) is 12.3. The molecule has 1 aliphatic carbocycles. The standard InChI is InChI=1S/C21H13NO4/c23-11-12-5-7-13(8-6-12)22-16-9-10-17(24)19-18(16)20(25)14-3-1-2-4-15(14)21(19)26/h1-11,22,24H. The molecule has 3 aromatic carbocycles. The van der Waals surface area contributed by atoms with Crippen molar-refractivity contribution in [1.82, 2.24) is 0 Å². The number of hydrogen-bond donors (Lipinski definition) is 2. The Morgan fingerprint density at radius 2 is 1.38 bits per heavy atom. The predicted octanol–water partition coefficient (Wildman–Crippen LogP) is 3.72. The third kappa shape index (κ3) is 2.38. The van der Waals surface area contributed by atoms with Gasteiger partial charge in [-0.2, -0.15) is 0 Å². The average Bonchev–Trinajstić information content (AvgIpc) is 2.68. The molecule has 0 saturated heterocycles. The molecule has 0 bridgehead atoms. The zero-order chi connectivity index (χ0) is 18.3. The maximum atomic E-state index is 13.0. The Kier molecular flexibility index (Phi) is 3.62. The lowest BCUT2D eigenvalue weighted by molar-refractivity contribution is 0.0977. The molecule has 3 aromatic rings. The van der Waals surface area contributed by atoms with E-state index in [4.69, 9.17) is 0 Å². The molecule has 1 aliphatic rings. The highest BCUT2D eigenvalue weighted by atomic mass is 16.3. The number of aldehydes is 1. The van der Waals surface area contributed by atoms with E-state index >= 15 is 0 Å². The summed E-state index contributed by atoms with van der Waals surface area (Å²) in [5.41, 5.74) is 2.36. The summed E-state index contributed by atoms with van der Waals surface area (Å²) in [6.07, 6.45) is 0.741. The molecule has 5 nitrogen and oxygen atoms in total. The highest BCUT2D eigenvalue weighted by Gasteiger charge is 2.33. The largest absolute Gasteiger partial charge is 0.507 e. The minimum atomic E-state index is -0.382. The van der Waals surface area contributed by atoms with Crippen molar-refractivity contribution >= 4 is 29.2 Å². The first kappa shape index (κ1) is 15.8. The number of phenolic OH excluding ortho intramolecular Hbond substituents is 1. The number of phenols is 1. The molecular weight excluding hydrogens is 330 g/mol. The summed E-state index contributed by atoms with van der Waals surface area (Å²) in [7, 11) is 0. The van der Waals surface area contributed by atoms with Crippen molar-refractivity contribution in [3.05, 3.63) is 88.5 Å². The van der Waals surface area contributed by atoms with Crippen molar-refractivity contribution in [1.29, 1.82) is 0 Å². The second-order valence-corrected chi connectivity index (χ2v) is 5.95. The molecule has 26 heavy (non-hydrogen) atoms. The van der Waals surface area contributed by atoms with Gasteiger partial charge in [0.25, 0.3) is 0 Å². The van der Waals surface area contributed by atoms with E-state index in [0.29, 0.717) is 22.5 Å². The second-order valence-electron chi connectivity index (χ2n) is 5.95. The molecule has 0 fully saturated rings. The van der Waals surface area contributed by atoms with Gasteiger partial charge in [0.05, 0.1) is 16.8 Å². The molecule has 0 atom stereocenters. The van der Waals surface area contributed by atoms with E-state index in [9.17, 15) is 19.5 Å². The van der Waals surface area contributed by atoms with Crippen molar-refractivity contribution in [2.24, 2.45) is 0 Å². The van der Waals surface area contributed by atoms with Gasteiger partial charge in [-0.05, 0) is 36.4 Å². The Hall–Kier alpha value is -3.73. The summed E-state index contributed by atoms with van der Waals surface area (Å²) < 4.78 is 0. The van der Waals surface area contributed by atoms with Crippen molar-refractivity contribution in [2.75, 3.05) is 5.32 Å². The van der Waals surface area contributed by atoms with Crippen LogP contribution in [0.15, 0.2) is 60.7 Å². The Morgan fingerprint density at radius 1 is 0.769 bits per heavy atom. The monoisotopic (exact) mass is 343 g/mol. The summed E-state index contributed by atoms with van der Waals surface area (Å²) in [4.78, 5) is 36.5. The summed E-state index contributed by atoms with van der Waals surface area (Å²) in [6.45, 7) is 0. The Balaban J connectivity index is 1.85. The zero-order valence-corrected chi connectivity index (χ0v) is 13.5. The van der Waals surface area contributed by atoms with Crippen molar-refractivity contribution in [3.63, 3.8) is 0 Å². The van der Waals surface area contributed by atoms with Gasteiger partial charge in [0.15, 0.2) is 11.6 Å². The van der Waals surface area contributed by atoms with Crippen LogP contribution in [-0.2, 0) is 0 Å². The topological polar surface area (TPSA) is 83.5 Å². The van der Waals surface area contributed by atoms with Crippen LogP contribution in [0.1, 0.15) is 42.2 Å². The van der Waals surface area contributed by atoms with E-state index in [1.807, 2.05) is 0 Å². The molecule has 0 heterocycles. The number of fused-ring (bicyclic) bond motifs is 2. The molecule has 0 aromatic heterocycles. The molecule has 126 valence electrons. The van der Waals surface area contributed by atoms with E-state index in [0.717, 1.165) is 6.29 Å². The molecule has 2 N–H and O–H groups in total. The van der Waals surface area contributed by atoms with Crippen LogP contribution in [0, 0.1) is 0 Å². The quantitative estimate of drug-likeness (QED) is 0.437. The first-order valence-corrected chi connectivity index (χ1v) is 7.97. The summed E-state index contributed by atoms with van der Waals surface area (Å²) >= 11 is 0. The minimum absolute atomic E-state index is 0.00297. The molecule has 0 spiro atoms. The number of rotatable bonds is 3. The van der Waals surface area contributed by atoms with E-state index in [2.05, 4.69) is 5.32 Å². The summed E-state index contributed by atoms with van der Waals surface area (Å²) in [5, 5.41) is 13.3. The lowest BCUT2D eigenvalue weighted by Gasteiger charge is -2.21. The van der Waals surface area contributed by atoms with Crippen molar-refractivity contribution in [3.8, 4) is 5.75 Å². The second kappa shape index (κ2) is 5.97. The zero-order valence-electron chi connectivity index (χ0n) is 13.5. The number of carbonyl (C=O) groups excluding carboxylic acids is 3. The third-order valence-electron chi connectivity index (χ3n) is 4.38. The van der Waals surface area contributed by atoms with Gasteiger partial charge >= 0.3 is 0 Å². The van der Waals surface area contributed by atoms with E-state index < -0.39 is 0 Å². The van der Waals surface area contributed by atoms with Crippen molar-refractivity contribution < 1.29 is 19.5 Å². The number of carbonyl (C=O) groups is 3. The molecule has 5 heteroatoms. The van der Waals surface area contributed by atoms with Crippen LogP contribution >= 0.6 is 0 Å². The molecule has 0 saturated carbocycles. The molecular formula is C21H13NO4. The summed E-state index contributed by atoms with van der Waals surface area (Å²) in [5.74, 6) is -0.930. The minimum Gasteiger partial charge on any atom is -0.507 e. The van der Waals surface area contributed by atoms with Crippen LogP contribution < -0.4 is 5.32 Å². The average molecular weight is 343 g/mol. The lowest BCUT2D eigenvalue weighted by Crippen LogP contribution is -2.22. The first-order chi connectivity index (χ1) is 12.6. The number of ketones is 2. The van der Waals surface area contributed by atoms with Gasteiger partial charge in [-0.3, -0.25) is 14.4 Å². The smallest absolute Gasteiger partial charge is 0.198 e. The molecule has 0 radical (unpaired) electrons. The van der Waals surface area contributed by atoms with Gasteiger partial charge in [-0.1, -0.05) is 24.3 Å². The highest BCUT2D eigenvalue weighted by molar-refractivity contribution is 6.31. The van der Waals surface area contributed by atoms with Crippen LogP contribution in [0.3, 0.4) is 0 Å². The van der Waals surface area contributed by atoms with E-state index in [1.165, 1.54) is 6.07 Å². The van der Waals surface area contributed by atoms with Crippen LogP contribution in [-0.4, -0.2) is 23.0 Å². The maximum absolute atomic E-state index is 13.0. The number of aromatic hydroxyl groups is 1. The lowest BCUT2D eigenvalue weighted by atomic mass is 9.82. The van der Waals surface area contributed by atoms with E-state index in [1.54, 1.807) is 54.6 Å². The Labute approximate surface area is 148 Å². The first-order valence-electron chi connectivity index (χ1n) is 7.97. The Morgan fingerprint density at radius 3 is 2.00 bits per heavy atom. The molecule has 0 amide bonds. The fourth-order valence-corrected chi connectivity index (χ4v) is 3.11. The van der Waals surface area contributed by atoms with Crippen LogP contribution in [0.2, 0.25) is 0 Å². The van der Waals surface area contributed by atoms with Crippen LogP contribution in [0.4, 0.5) is 11.4 Å². The molecule has 0 unspecified atom stereocenters. The molecule has 4 rings (SSSR count). The predicted molar refractivity (Wildman–Crippen MR) is 96.5 cm³/mol.